The summed E-state index contributed by atoms with van der Waals surface area (Å²) in [4.78, 5) is 15.2. The number of aliphatic carboxylic acids is 1. The highest BCUT2D eigenvalue weighted by molar-refractivity contribution is 5.67. The summed E-state index contributed by atoms with van der Waals surface area (Å²) < 4.78 is 124. The van der Waals surface area contributed by atoms with E-state index in [1.54, 1.807) is 11.8 Å². The van der Waals surface area contributed by atoms with Crippen molar-refractivity contribution in [3.05, 3.63) is 63.7 Å². The van der Waals surface area contributed by atoms with Crippen LogP contribution in [0.2, 0.25) is 0 Å². The number of aromatic nitrogens is 4. The average Bonchev–Trinajstić information content (AvgIpc) is 3.41. The van der Waals surface area contributed by atoms with Crippen LogP contribution < -0.4 is 9.80 Å². The maximum Gasteiger partial charge on any atom is 0.416 e. The molecule has 17 heteroatoms. The number of alkyl halides is 9. The van der Waals surface area contributed by atoms with Crippen LogP contribution in [0.15, 0.2) is 30.3 Å². The van der Waals surface area contributed by atoms with Gasteiger partial charge in [-0.3, -0.25) is 4.79 Å². The van der Waals surface area contributed by atoms with Gasteiger partial charge in [-0.25, -0.2) is 0 Å². The number of halogens is 9. The van der Waals surface area contributed by atoms with Crippen LogP contribution in [0.4, 0.5) is 51.1 Å². The van der Waals surface area contributed by atoms with Crippen molar-refractivity contribution >= 4 is 17.6 Å². The molecular formula is C31H35F9N6O2. The molecule has 0 bridgehead atoms. The Morgan fingerprint density at radius 3 is 1.92 bits per heavy atom. The summed E-state index contributed by atoms with van der Waals surface area (Å²) in [6, 6.07) is 3.49. The van der Waals surface area contributed by atoms with Crippen LogP contribution >= 0.6 is 0 Å². The van der Waals surface area contributed by atoms with E-state index in [4.69, 9.17) is 5.11 Å². The van der Waals surface area contributed by atoms with E-state index in [2.05, 4.69) is 15.4 Å². The number of carboxylic acids is 1. The molecule has 264 valence electrons. The summed E-state index contributed by atoms with van der Waals surface area (Å²) in [6.45, 7) is 2.83. The lowest BCUT2D eigenvalue weighted by molar-refractivity contribution is -0.143. The number of benzene rings is 2. The summed E-state index contributed by atoms with van der Waals surface area (Å²) in [6.07, 6.45) is -12.2. The summed E-state index contributed by atoms with van der Waals surface area (Å²) in [5.74, 6) is -0.976. The first-order valence-corrected chi connectivity index (χ1v) is 15.2. The fourth-order valence-corrected chi connectivity index (χ4v) is 6.19. The van der Waals surface area contributed by atoms with Gasteiger partial charge in [0, 0.05) is 38.3 Å². The molecule has 2 aromatic carbocycles. The third-order valence-corrected chi connectivity index (χ3v) is 8.52. The lowest BCUT2D eigenvalue weighted by atomic mass is 9.80. The predicted octanol–water partition coefficient (Wildman–Crippen LogP) is 7.89. The molecule has 1 aliphatic carbocycles. The number of aryl methyl sites for hydroxylation is 2. The average molecular weight is 695 g/mol. The fourth-order valence-electron chi connectivity index (χ4n) is 6.19. The van der Waals surface area contributed by atoms with Crippen molar-refractivity contribution in [2.45, 2.75) is 77.6 Å². The molecule has 48 heavy (non-hydrogen) atoms. The second-order valence-electron chi connectivity index (χ2n) is 12.2. The van der Waals surface area contributed by atoms with E-state index >= 15 is 0 Å². The zero-order valence-electron chi connectivity index (χ0n) is 26.3. The van der Waals surface area contributed by atoms with Gasteiger partial charge in [0.1, 0.15) is 0 Å². The SMILES string of the molecule is CCN(CC1CCC(CC(=O)O)CC1)c1cc(C(F)(F)F)c(C)cc1CN(Cc1cc(C(F)(F)F)cc(C(F)(F)F)c1)c1nnn(C)n1. The van der Waals surface area contributed by atoms with Gasteiger partial charge in [-0.05, 0) is 97.5 Å². The van der Waals surface area contributed by atoms with Crippen molar-refractivity contribution < 1.29 is 49.4 Å². The molecule has 0 spiro atoms. The van der Waals surface area contributed by atoms with Crippen LogP contribution in [0.25, 0.3) is 0 Å². The van der Waals surface area contributed by atoms with Crippen molar-refractivity contribution in [2.24, 2.45) is 18.9 Å². The Bertz CT molecular complexity index is 1550. The molecule has 1 fully saturated rings. The molecule has 3 aromatic rings. The maximum atomic E-state index is 14.1. The third kappa shape index (κ3) is 9.30. The van der Waals surface area contributed by atoms with E-state index < -0.39 is 47.7 Å². The molecule has 1 aliphatic rings. The normalized spacial score (nSPS) is 17.4. The van der Waals surface area contributed by atoms with Crippen LogP contribution in [0, 0.1) is 18.8 Å². The number of carbonyl (C=O) groups is 1. The van der Waals surface area contributed by atoms with Gasteiger partial charge in [-0.1, -0.05) is 11.2 Å². The van der Waals surface area contributed by atoms with Crippen LogP contribution in [0.1, 0.15) is 72.4 Å². The summed E-state index contributed by atoms with van der Waals surface area (Å²) in [5, 5.41) is 20.8. The Balaban J connectivity index is 1.75. The summed E-state index contributed by atoms with van der Waals surface area (Å²) >= 11 is 0. The number of nitrogens with zero attached hydrogens (tertiary/aromatic N) is 6. The van der Waals surface area contributed by atoms with E-state index in [1.165, 1.54) is 24.9 Å². The van der Waals surface area contributed by atoms with Gasteiger partial charge in [-0.15, -0.1) is 5.10 Å². The molecule has 0 radical (unpaired) electrons. The van der Waals surface area contributed by atoms with Crippen LogP contribution in [-0.4, -0.2) is 44.4 Å². The largest absolute Gasteiger partial charge is 0.481 e. The Morgan fingerprint density at radius 2 is 1.44 bits per heavy atom. The quantitative estimate of drug-likeness (QED) is 0.204. The van der Waals surface area contributed by atoms with Crippen molar-refractivity contribution in [3.8, 4) is 0 Å². The standard InChI is InChI=1S/C31H35F9N6O2/c1-4-45(15-20-7-5-19(6-8-20)12-27(47)48)26-14-25(31(38,39)40)18(2)9-22(26)17-46(28-41-43-44(3)42-28)16-21-10-23(29(32,33)34)13-24(11-21)30(35,36)37/h9-11,13-14,19-20H,4-8,12,15-17H2,1-3H3,(H,47,48). The van der Waals surface area contributed by atoms with E-state index in [0.717, 1.165) is 10.9 Å². The van der Waals surface area contributed by atoms with Gasteiger partial charge in [0.15, 0.2) is 0 Å². The second-order valence-corrected chi connectivity index (χ2v) is 12.2. The highest BCUT2D eigenvalue weighted by Crippen LogP contribution is 2.40. The molecular weight excluding hydrogens is 659 g/mol. The van der Waals surface area contributed by atoms with Crippen LogP contribution in [0.5, 0.6) is 0 Å². The maximum absolute atomic E-state index is 14.1. The fraction of sp³-hybridized carbons (Fsp3) is 0.548. The third-order valence-electron chi connectivity index (χ3n) is 8.52. The molecule has 0 aliphatic heterocycles. The Hall–Kier alpha value is -4.05. The van der Waals surface area contributed by atoms with Gasteiger partial charge < -0.3 is 14.9 Å². The van der Waals surface area contributed by atoms with Gasteiger partial charge in [0.2, 0.25) is 0 Å². The molecule has 0 amide bonds. The first-order chi connectivity index (χ1) is 22.2. The lowest BCUT2D eigenvalue weighted by Crippen LogP contribution is -2.34. The second kappa shape index (κ2) is 14.2. The van der Waals surface area contributed by atoms with Gasteiger partial charge in [0.05, 0.1) is 23.7 Å². The van der Waals surface area contributed by atoms with E-state index in [-0.39, 0.29) is 60.2 Å². The van der Waals surface area contributed by atoms with Gasteiger partial charge >= 0.3 is 24.5 Å². The number of tetrazole rings is 1. The van der Waals surface area contributed by atoms with E-state index in [0.29, 0.717) is 49.9 Å². The highest BCUT2D eigenvalue weighted by atomic mass is 19.4. The summed E-state index contributed by atoms with van der Waals surface area (Å²) in [7, 11) is 1.40. The number of rotatable bonds is 11. The smallest absolute Gasteiger partial charge is 0.416 e. The zero-order valence-corrected chi connectivity index (χ0v) is 26.3. The highest BCUT2D eigenvalue weighted by Gasteiger charge is 2.38. The minimum Gasteiger partial charge on any atom is -0.481 e. The predicted molar refractivity (Wildman–Crippen MR) is 157 cm³/mol. The Morgan fingerprint density at radius 1 is 0.854 bits per heavy atom. The first-order valence-electron chi connectivity index (χ1n) is 15.2. The minimum atomic E-state index is -5.09. The number of anilines is 2. The molecule has 1 heterocycles. The molecule has 0 atom stereocenters. The summed E-state index contributed by atoms with van der Waals surface area (Å²) in [5.41, 5.74) is -3.91. The Kier molecular flexibility index (Phi) is 10.9. The van der Waals surface area contributed by atoms with E-state index in [9.17, 15) is 44.3 Å². The molecule has 1 aromatic heterocycles. The van der Waals surface area contributed by atoms with Gasteiger partial charge in [0.25, 0.3) is 5.95 Å². The van der Waals surface area contributed by atoms with Crippen LogP contribution in [0.3, 0.4) is 0 Å². The molecule has 0 saturated heterocycles. The van der Waals surface area contributed by atoms with Crippen LogP contribution in [-0.2, 0) is 43.5 Å². The minimum absolute atomic E-state index is 0.0139. The van der Waals surface area contributed by atoms with Crippen molar-refractivity contribution in [1.29, 1.82) is 0 Å². The van der Waals surface area contributed by atoms with E-state index in [1.807, 2.05) is 0 Å². The first kappa shape index (κ1) is 36.8. The lowest BCUT2D eigenvalue weighted by Gasteiger charge is -2.35. The molecule has 1 N–H and O–H groups in total. The van der Waals surface area contributed by atoms with Crippen molar-refractivity contribution in [2.75, 3.05) is 22.9 Å². The molecule has 0 unspecified atom stereocenters. The van der Waals surface area contributed by atoms with Crippen molar-refractivity contribution in [3.63, 3.8) is 0 Å². The monoisotopic (exact) mass is 694 g/mol. The Labute approximate surface area is 270 Å². The zero-order chi connectivity index (χ0) is 35.6. The number of hydrogen-bond donors (Lipinski definition) is 1. The molecule has 4 rings (SSSR count). The molecule has 1 saturated carbocycles. The number of carboxylic acid groups (broad SMARTS) is 1. The van der Waals surface area contributed by atoms with Gasteiger partial charge in [-0.2, -0.15) is 44.3 Å². The topological polar surface area (TPSA) is 87.4 Å². The number of hydrogen-bond acceptors (Lipinski definition) is 6. The molecule has 8 nitrogen and oxygen atoms in total. The van der Waals surface area contributed by atoms with Crippen molar-refractivity contribution in [1.82, 2.24) is 20.2 Å².